The van der Waals surface area contributed by atoms with E-state index in [9.17, 15) is 8.42 Å². The Hall–Kier alpha value is -0.790. The van der Waals surface area contributed by atoms with Crippen LogP contribution in [0.2, 0.25) is 0 Å². The van der Waals surface area contributed by atoms with Crippen molar-refractivity contribution >= 4 is 10.1 Å². The molecule has 2 aliphatic heterocycles. The smallest absolute Gasteiger partial charge is 0.261 e. The highest BCUT2D eigenvalue weighted by Gasteiger charge is 2.30. The van der Waals surface area contributed by atoms with Crippen LogP contribution in [0.5, 0.6) is 0 Å². The minimum Gasteiger partial charge on any atom is -0.357 e. The lowest BCUT2D eigenvalue weighted by molar-refractivity contribution is 0.104. The molecule has 1 saturated heterocycles. The minimum absolute atomic E-state index is 0.510. The molecule has 0 aliphatic carbocycles. The van der Waals surface area contributed by atoms with Gasteiger partial charge in [-0.05, 0) is 39.2 Å². The van der Waals surface area contributed by atoms with Crippen LogP contribution in [0.1, 0.15) is 39.5 Å². The third kappa shape index (κ3) is 5.30. The van der Waals surface area contributed by atoms with Crippen LogP contribution < -0.4 is 5.32 Å². The van der Waals surface area contributed by atoms with Gasteiger partial charge >= 0.3 is 0 Å². The first kappa shape index (κ1) is 17.3. The average Bonchev–Trinajstić information content (AvgIpc) is 2.65. The second-order valence-corrected chi connectivity index (χ2v) is 6.83. The predicted octanol–water partition coefficient (Wildman–Crippen LogP) is 1.43. The van der Waals surface area contributed by atoms with Crippen molar-refractivity contribution in [3.05, 3.63) is 11.9 Å². The van der Waals surface area contributed by atoms with E-state index >= 15 is 0 Å². The Morgan fingerprint density at radius 1 is 1.45 bits per heavy atom. The van der Waals surface area contributed by atoms with Crippen molar-refractivity contribution in [2.24, 2.45) is 0 Å². The van der Waals surface area contributed by atoms with Crippen molar-refractivity contribution in [3.63, 3.8) is 0 Å². The molecule has 2 unspecified atom stereocenters. The molecule has 20 heavy (non-hydrogen) atoms. The van der Waals surface area contributed by atoms with E-state index in [1.165, 1.54) is 31.5 Å². The summed E-state index contributed by atoms with van der Waals surface area (Å²) in [6.45, 7) is 5.69. The van der Waals surface area contributed by atoms with E-state index in [2.05, 4.69) is 42.2 Å². The van der Waals surface area contributed by atoms with Gasteiger partial charge in [-0.1, -0.05) is 6.92 Å². The standard InChI is InChI=1S/C12H23N3.CH4O3S/c1-4-11-9-15(10(2)14(11)3)12-7-5-6-8-13-12;1-5(2,3)4/h9-10,12-13H,4-8H2,1-3H3;1H3,(H,2,3,4). The van der Waals surface area contributed by atoms with Crippen LogP contribution in [0.15, 0.2) is 11.9 Å². The third-order valence-corrected chi connectivity index (χ3v) is 3.75. The molecular formula is C13H27N3O3S. The van der Waals surface area contributed by atoms with Crippen LogP contribution in [0.4, 0.5) is 0 Å². The van der Waals surface area contributed by atoms with Gasteiger partial charge < -0.3 is 9.80 Å². The summed E-state index contributed by atoms with van der Waals surface area (Å²) >= 11 is 0. The summed E-state index contributed by atoms with van der Waals surface area (Å²) in [6, 6.07) is 0. The van der Waals surface area contributed by atoms with Crippen molar-refractivity contribution in [3.8, 4) is 0 Å². The van der Waals surface area contributed by atoms with E-state index in [-0.39, 0.29) is 0 Å². The second kappa shape index (κ2) is 7.28. The number of rotatable bonds is 2. The van der Waals surface area contributed by atoms with Crippen molar-refractivity contribution in [1.82, 2.24) is 15.1 Å². The van der Waals surface area contributed by atoms with Crippen molar-refractivity contribution in [1.29, 1.82) is 0 Å². The molecule has 0 aromatic heterocycles. The van der Waals surface area contributed by atoms with Gasteiger partial charge in [0.05, 0.1) is 18.6 Å². The fraction of sp³-hybridized carbons (Fsp3) is 0.846. The highest BCUT2D eigenvalue weighted by Crippen LogP contribution is 2.26. The van der Waals surface area contributed by atoms with Crippen LogP contribution >= 0.6 is 0 Å². The summed E-state index contributed by atoms with van der Waals surface area (Å²) in [5, 5.41) is 3.61. The van der Waals surface area contributed by atoms with Gasteiger partial charge in [-0.2, -0.15) is 8.42 Å². The zero-order valence-corrected chi connectivity index (χ0v) is 13.7. The zero-order chi connectivity index (χ0) is 15.3. The Kier molecular flexibility index (Phi) is 6.29. The average molecular weight is 305 g/mol. The molecule has 6 nitrogen and oxygen atoms in total. The van der Waals surface area contributed by atoms with E-state index in [1.807, 2.05) is 0 Å². The van der Waals surface area contributed by atoms with Crippen LogP contribution in [-0.2, 0) is 10.1 Å². The van der Waals surface area contributed by atoms with Gasteiger partial charge in [-0.25, -0.2) is 0 Å². The van der Waals surface area contributed by atoms with Crippen LogP contribution in [0, 0.1) is 0 Å². The van der Waals surface area contributed by atoms with Crippen LogP contribution in [0.3, 0.4) is 0 Å². The fourth-order valence-corrected chi connectivity index (χ4v) is 2.59. The maximum absolute atomic E-state index is 9.19. The molecule has 0 saturated carbocycles. The Morgan fingerprint density at radius 2 is 2.05 bits per heavy atom. The molecule has 2 rings (SSSR count). The van der Waals surface area contributed by atoms with E-state index in [4.69, 9.17) is 4.55 Å². The molecule has 118 valence electrons. The number of nitrogens with zero attached hydrogens (tertiary/aromatic N) is 2. The number of hydrogen-bond acceptors (Lipinski definition) is 5. The molecule has 7 heteroatoms. The van der Waals surface area contributed by atoms with Gasteiger partial charge in [0.15, 0.2) is 0 Å². The first-order valence-electron chi connectivity index (χ1n) is 7.10. The molecule has 0 spiro atoms. The summed E-state index contributed by atoms with van der Waals surface area (Å²) in [5.41, 5.74) is 1.45. The molecule has 2 aliphatic rings. The van der Waals surface area contributed by atoms with Crippen molar-refractivity contribution in [2.75, 3.05) is 19.8 Å². The molecule has 2 atom stereocenters. The highest BCUT2D eigenvalue weighted by molar-refractivity contribution is 7.85. The van der Waals surface area contributed by atoms with Gasteiger partial charge in [0.25, 0.3) is 10.1 Å². The summed E-state index contributed by atoms with van der Waals surface area (Å²) in [7, 11) is -1.47. The minimum atomic E-state index is -3.67. The lowest BCUT2D eigenvalue weighted by atomic mass is 10.1. The SMILES string of the molecule is CCC1=CN(C2CCCCN2)C(C)N1C.CS(=O)(=O)O. The number of piperidine rings is 1. The number of nitrogens with one attached hydrogen (secondary N) is 1. The largest absolute Gasteiger partial charge is 0.357 e. The zero-order valence-electron chi connectivity index (χ0n) is 12.8. The first-order chi connectivity index (χ1) is 9.24. The predicted molar refractivity (Wildman–Crippen MR) is 80.6 cm³/mol. The fourth-order valence-electron chi connectivity index (χ4n) is 2.59. The molecule has 0 amide bonds. The molecule has 1 fully saturated rings. The lowest BCUT2D eigenvalue weighted by Crippen LogP contribution is -2.50. The maximum Gasteiger partial charge on any atom is 0.261 e. The van der Waals surface area contributed by atoms with Gasteiger partial charge in [0, 0.05) is 18.9 Å². The molecule has 0 aromatic rings. The van der Waals surface area contributed by atoms with Crippen molar-refractivity contribution in [2.45, 2.75) is 51.9 Å². The first-order valence-corrected chi connectivity index (χ1v) is 8.95. The van der Waals surface area contributed by atoms with Crippen LogP contribution in [-0.4, -0.2) is 55.0 Å². The molecular weight excluding hydrogens is 278 g/mol. The monoisotopic (exact) mass is 305 g/mol. The van der Waals surface area contributed by atoms with E-state index < -0.39 is 10.1 Å². The van der Waals surface area contributed by atoms with E-state index in [1.54, 1.807) is 0 Å². The van der Waals surface area contributed by atoms with Gasteiger partial charge in [0.2, 0.25) is 0 Å². The molecule has 0 bridgehead atoms. The summed E-state index contributed by atoms with van der Waals surface area (Å²) in [5.74, 6) is 0. The summed E-state index contributed by atoms with van der Waals surface area (Å²) in [4.78, 5) is 4.87. The number of hydrogen-bond donors (Lipinski definition) is 2. The summed E-state index contributed by atoms with van der Waals surface area (Å²) in [6.07, 6.45) is 9.23. The van der Waals surface area contributed by atoms with Crippen LogP contribution in [0.25, 0.3) is 0 Å². The molecule has 2 heterocycles. The maximum atomic E-state index is 9.19. The molecule has 0 radical (unpaired) electrons. The molecule has 0 aromatic carbocycles. The van der Waals surface area contributed by atoms with Gasteiger partial charge in [-0.3, -0.25) is 9.87 Å². The quantitative estimate of drug-likeness (QED) is 0.752. The normalized spacial score (nSPS) is 26.9. The Balaban J connectivity index is 0.000000347. The Labute approximate surface area is 122 Å². The van der Waals surface area contributed by atoms with Gasteiger partial charge in [0.1, 0.15) is 0 Å². The topological polar surface area (TPSA) is 72.9 Å². The third-order valence-electron chi connectivity index (χ3n) is 3.75. The van der Waals surface area contributed by atoms with Crippen molar-refractivity contribution < 1.29 is 13.0 Å². The lowest BCUT2D eigenvalue weighted by Gasteiger charge is -2.37. The summed E-state index contributed by atoms with van der Waals surface area (Å²) < 4.78 is 25.9. The second-order valence-electron chi connectivity index (χ2n) is 5.36. The Bertz CT molecular complexity index is 422. The van der Waals surface area contributed by atoms with E-state index in [0.29, 0.717) is 18.6 Å². The van der Waals surface area contributed by atoms with Gasteiger partial charge in [-0.15, -0.1) is 0 Å². The molecule has 2 N–H and O–H groups in total. The number of allylic oxidation sites excluding steroid dienone is 1. The van der Waals surface area contributed by atoms with E-state index in [0.717, 1.165) is 6.42 Å². The Morgan fingerprint density at radius 3 is 2.45 bits per heavy atom. The highest BCUT2D eigenvalue weighted by atomic mass is 32.2.